The quantitative estimate of drug-likeness (QED) is 0.679. The summed E-state index contributed by atoms with van der Waals surface area (Å²) in [4.78, 5) is 12.5. The van der Waals surface area contributed by atoms with Crippen molar-refractivity contribution in [2.45, 2.75) is 46.0 Å². The van der Waals surface area contributed by atoms with Gasteiger partial charge >= 0.3 is 0 Å². The van der Waals surface area contributed by atoms with Crippen LogP contribution in [0.3, 0.4) is 0 Å². The third-order valence-electron chi connectivity index (χ3n) is 3.79. The molecule has 1 aliphatic carbocycles. The Labute approximate surface area is 97.9 Å². The maximum Gasteiger partial charge on any atom is 0.168 e. The van der Waals surface area contributed by atoms with Gasteiger partial charge in [-0.1, -0.05) is 49.9 Å². The minimum atomic E-state index is -0.105. The lowest BCUT2D eigenvalue weighted by Crippen LogP contribution is -2.30. The Morgan fingerprint density at radius 1 is 1.19 bits per heavy atom. The highest BCUT2D eigenvalue weighted by Crippen LogP contribution is 2.38. The molecule has 0 radical (unpaired) electrons. The fraction of sp³-hybridized carbons (Fsp3) is 0.533. The summed E-state index contributed by atoms with van der Waals surface area (Å²) in [5.74, 6) is 0.343. The van der Waals surface area contributed by atoms with E-state index in [4.69, 9.17) is 0 Å². The van der Waals surface area contributed by atoms with Crippen molar-refractivity contribution in [1.29, 1.82) is 0 Å². The van der Waals surface area contributed by atoms with E-state index < -0.39 is 0 Å². The molecule has 1 aliphatic rings. The molecule has 0 N–H and O–H groups in total. The van der Waals surface area contributed by atoms with Crippen molar-refractivity contribution in [2.24, 2.45) is 5.41 Å². The molecular formula is C15H20O. The molecule has 16 heavy (non-hydrogen) atoms. The number of rotatable bonds is 2. The number of carbonyl (C=O) groups is 1. The van der Waals surface area contributed by atoms with E-state index >= 15 is 0 Å². The minimum Gasteiger partial charge on any atom is -0.294 e. The van der Waals surface area contributed by atoms with Gasteiger partial charge in [-0.15, -0.1) is 0 Å². The number of Topliss-reactive ketones (excluding diaryl/α,β-unsaturated/α-hetero) is 1. The molecule has 0 bridgehead atoms. The molecule has 0 amide bonds. The minimum absolute atomic E-state index is 0.105. The Bertz CT molecular complexity index is 386. The monoisotopic (exact) mass is 216 g/mol. The molecule has 0 aromatic heterocycles. The molecule has 1 heteroatoms. The molecule has 0 heterocycles. The van der Waals surface area contributed by atoms with Crippen LogP contribution in [0.4, 0.5) is 0 Å². The van der Waals surface area contributed by atoms with Gasteiger partial charge in [-0.3, -0.25) is 4.79 Å². The van der Waals surface area contributed by atoms with Crippen molar-refractivity contribution in [3.8, 4) is 0 Å². The first kappa shape index (κ1) is 11.4. The van der Waals surface area contributed by atoms with Gasteiger partial charge < -0.3 is 0 Å². The second-order valence-corrected chi connectivity index (χ2v) is 5.32. The summed E-state index contributed by atoms with van der Waals surface area (Å²) in [5.41, 5.74) is 1.96. The molecule has 1 aromatic rings. The van der Waals surface area contributed by atoms with E-state index in [1.807, 2.05) is 31.2 Å². The van der Waals surface area contributed by atoms with Crippen molar-refractivity contribution in [3.05, 3.63) is 35.4 Å². The molecule has 0 spiro atoms. The third kappa shape index (κ3) is 2.18. The lowest BCUT2D eigenvalue weighted by Gasteiger charge is -2.32. The third-order valence-corrected chi connectivity index (χ3v) is 3.79. The van der Waals surface area contributed by atoms with Gasteiger partial charge in [0.25, 0.3) is 0 Å². The Kier molecular flexibility index (Phi) is 3.13. The average molecular weight is 216 g/mol. The van der Waals surface area contributed by atoms with Crippen molar-refractivity contribution in [1.82, 2.24) is 0 Å². The largest absolute Gasteiger partial charge is 0.294 e. The van der Waals surface area contributed by atoms with Crippen LogP contribution in [-0.2, 0) is 0 Å². The zero-order valence-electron chi connectivity index (χ0n) is 10.3. The van der Waals surface area contributed by atoms with E-state index in [1.54, 1.807) is 0 Å². The van der Waals surface area contributed by atoms with Gasteiger partial charge in [-0.25, -0.2) is 0 Å². The van der Waals surface area contributed by atoms with E-state index in [0.717, 1.165) is 18.4 Å². The summed E-state index contributed by atoms with van der Waals surface area (Å²) >= 11 is 0. The Morgan fingerprint density at radius 2 is 1.88 bits per heavy atom. The highest BCUT2D eigenvalue weighted by molar-refractivity contribution is 6.00. The summed E-state index contributed by atoms with van der Waals surface area (Å²) in [6, 6.07) is 7.99. The van der Waals surface area contributed by atoms with Crippen LogP contribution in [0.15, 0.2) is 24.3 Å². The predicted molar refractivity (Wildman–Crippen MR) is 66.7 cm³/mol. The van der Waals surface area contributed by atoms with Crippen LogP contribution in [-0.4, -0.2) is 5.78 Å². The molecule has 1 fully saturated rings. The zero-order valence-corrected chi connectivity index (χ0v) is 10.3. The summed E-state index contributed by atoms with van der Waals surface area (Å²) in [6.45, 7) is 4.18. The maximum atomic E-state index is 12.5. The smallest absolute Gasteiger partial charge is 0.168 e. The van der Waals surface area contributed by atoms with E-state index in [9.17, 15) is 4.79 Å². The fourth-order valence-electron chi connectivity index (χ4n) is 2.69. The highest BCUT2D eigenvalue weighted by atomic mass is 16.1. The highest BCUT2D eigenvalue weighted by Gasteiger charge is 2.34. The van der Waals surface area contributed by atoms with Crippen LogP contribution in [0.1, 0.15) is 54.9 Å². The first-order chi connectivity index (χ1) is 7.62. The summed E-state index contributed by atoms with van der Waals surface area (Å²) in [6.07, 6.45) is 5.80. The van der Waals surface area contributed by atoms with E-state index in [1.165, 1.54) is 24.8 Å². The van der Waals surface area contributed by atoms with Crippen LogP contribution < -0.4 is 0 Å². The normalized spacial score (nSPS) is 19.4. The predicted octanol–water partition coefficient (Wildman–Crippen LogP) is 4.15. The van der Waals surface area contributed by atoms with Crippen LogP contribution in [0.25, 0.3) is 0 Å². The molecule has 1 nitrogen and oxygen atoms in total. The van der Waals surface area contributed by atoms with Gasteiger partial charge in [0.15, 0.2) is 5.78 Å². The molecular weight excluding hydrogens is 196 g/mol. The Morgan fingerprint density at radius 3 is 2.50 bits per heavy atom. The molecule has 0 atom stereocenters. The van der Waals surface area contributed by atoms with Crippen molar-refractivity contribution in [2.75, 3.05) is 0 Å². The topological polar surface area (TPSA) is 17.1 Å². The molecule has 1 saturated carbocycles. The van der Waals surface area contributed by atoms with Crippen LogP contribution in [0.2, 0.25) is 0 Å². The molecule has 86 valence electrons. The number of ketones is 1. The van der Waals surface area contributed by atoms with Gasteiger partial charge in [-0.05, 0) is 25.8 Å². The zero-order chi connectivity index (χ0) is 11.6. The summed E-state index contributed by atoms with van der Waals surface area (Å²) in [5, 5.41) is 0. The molecule has 0 saturated heterocycles. The van der Waals surface area contributed by atoms with E-state index in [2.05, 4.69) is 6.92 Å². The summed E-state index contributed by atoms with van der Waals surface area (Å²) < 4.78 is 0. The van der Waals surface area contributed by atoms with E-state index in [0.29, 0.717) is 5.78 Å². The van der Waals surface area contributed by atoms with Gasteiger partial charge in [0.05, 0.1) is 0 Å². The Balaban J connectivity index is 2.24. The van der Waals surface area contributed by atoms with Crippen molar-refractivity contribution >= 4 is 5.78 Å². The van der Waals surface area contributed by atoms with Crippen LogP contribution in [0.5, 0.6) is 0 Å². The van der Waals surface area contributed by atoms with Gasteiger partial charge in [0.2, 0.25) is 0 Å². The van der Waals surface area contributed by atoms with Gasteiger partial charge in [0.1, 0.15) is 0 Å². The molecule has 0 unspecified atom stereocenters. The van der Waals surface area contributed by atoms with Crippen molar-refractivity contribution in [3.63, 3.8) is 0 Å². The standard InChI is InChI=1S/C15H20O/c1-12-7-6-8-13(11-12)14(16)15(2)9-4-3-5-10-15/h6-8,11H,3-5,9-10H2,1-2H3. The average Bonchev–Trinajstić information content (AvgIpc) is 2.29. The van der Waals surface area contributed by atoms with Crippen LogP contribution in [0, 0.1) is 12.3 Å². The first-order valence-corrected chi connectivity index (χ1v) is 6.23. The number of carbonyl (C=O) groups excluding carboxylic acids is 1. The van der Waals surface area contributed by atoms with E-state index in [-0.39, 0.29) is 5.41 Å². The lowest BCUT2D eigenvalue weighted by molar-refractivity contribution is 0.0749. The summed E-state index contributed by atoms with van der Waals surface area (Å²) in [7, 11) is 0. The van der Waals surface area contributed by atoms with Gasteiger partial charge in [0, 0.05) is 11.0 Å². The van der Waals surface area contributed by atoms with Crippen molar-refractivity contribution < 1.29 is 4.79 Å². The molecule has 2 rings (SSSR count). The molecule has 1 aromatic carbocycles. The maximum absolute atomic E-state index is 12.5. The number of benzene rings is 1. The van der Waals surface area contributed by atoms with Gasteiger partial charge in [-0.2, -0.15) is 0 Å². The second kappa shape index (κ2) is 4.40. The Hall–Kier alpha value is -1.11. The second-order valence-electron chi connectivity index (χ2n) is 5.32. The number of hydrogen-bond donors (Lipinski definition) is 0. The first-order valence-electron chi connectivity index (χ1n) is 6.23. The number of hydrogen-bond acceptors (Lipinski definition) is 1. The lowest BCUT2D eigenvalue weighted by atomic mass is 9.71. The molecule has 0 aliphatic heterocycles. The SMILES string of the molecule is Cc1cccc(C(=O)C2(C)CCCCC2)c1. The van der Waals surface area contributed by atoms with Crippen LogP contribution >= 0.6 is 0 Å². The fourth-order valence-corrected chi connectivity index (χ4v) is 2.69. The number of aryl methyl sites for hydroxylation is 1.